The molecule has 0 radical (unpaired) electrons. The zero-order valence-corrected chi connectivity index (χ0v) is 19.4. The van der Waals surface area contributed by atoms with E-state index in [1.165, 1.54) is 18.5 Å². The lowest BCUT2D eigenvalue weighted by atomic mass is 10.0. The highest BCUT2D eigenvalue weighted by Gasteiger charge is 2.22. The van der Waals surface area contributed by atoms with Crippen LogP contribution in [0.5, 0.6) is 5.75 Å². The molecule has 1 aliphatic carbocycles. The molecule has 174 valence electrons. The Morgan fingerprint density at radius 2 is 1.88 bits per heavy atom. The summed E-state index contributed by atoms with van der Waals surface area (Å²) in [7, 11) is 0. The van der Waals surface area contributed by atoms with Gasteiger partial charge in [0.05, 0.1) is 23.2 Å². The van der Waals surface area contributed by atoms with Crippen molar-refractivity contribution in [1.82, 2.24) is 19.9 Å². The Bertz CT molecular complexity index is 1350. The Morgan fingerprint density at radius 1 is 1.03 bits per heavy atom. The number of nitrogens with one attached hydrogen (secondary N) is 1. The van der Waals surface area contributed by atoms with Gasteiger partial charge < -0.3 is 15.0 Å². The predicted molar refractivity (Wildman–Crippen MR) is 134 cm³/mol. The van der Waals surface area contributed by atoms with E-state index in [-0.39, 0.29) is 11.9 Å². The highest BCUT2D eigenvalue weighted by atomic mass is 16.5. The van der Waals surface area contributed by atoms with Crippen molar-refractivity contribution in [2.75, 3.05) is 24.6 Å². The molecule has 4 aromatic rings. The minimum atomic E-state index is 0.0547. The average Bonchev–Trinajstić information content (AvgIpc) is 3.59. The summed E-state index contributed by atoms with van der Waals surface area (Å²) < 4.78 is 7.94. The maximum Gasteiger partial charge on any atom is 0.217 e. The number of nitrogens with zero attached hydrogens (tertiary/aromatic N) is 4. The van der Waals surface area contributed by atoms with Crippen LogP contribution in [0.3, 0.4) is 0 Å². The Kier molecular flexibility index (Phi) is 5.32. The van der Waals surface area contributed by atoms with Crippen molar-refractivity contribution in [3.63, 3.8) is 0 Å². The number of hydrogen-bond donors (Lipinski definition) is 1. The lowest BCUT2D eigenvalue weighted by Gasteiger charge is -2.34. The zero-order valence-electron chi connectivity index (χ0n) is 19.4. The van der Waals surface area contributed by atoms with Crippen molar-refractivity contribution in [2.45, 2.75) is 38.6 Å². The van der Waals surface area contributed by atoms with E-state index in [1.807, 2.05) is 29.1 Å². The van der Waals surface area contributed by atoms with Crippen LogP contribution >= 0.6 is 0 Å². The van der Waals surface area contributed by atoms with E-state index >= 15 is 0 Å². The zero-order chi connectivity index (χ0) is 23.1. The summed E-state index contributed by atoms with van der Waals surface area (Å²) in [5.41, 5.74) is 4.09. The third kappa shape index (κ3) is 4.30. The maximum atomic E-state index is 11.3. The fourth-order valence-electron chi connectivity index (χ4n) is 4.77. The second-order valence-electron chi connectivity index (χ2n) is 9.53. The molecule has 1 aliphatic heterocycles. The molecule has 1 saturated heterocycles. The number of hydrogen-bond acceptors (Lipinski definition) is 5. The Balaban J connectivity index is 1.20. The molecule has 2 aromatic heterocycles. The number of fused-ring (bicyclic) bond motifs is 2. The van der Waals surface area contributed by atoms with Crippen molar-refractivity contribution in [1.29, 1.82) is 0 Å². The van der Waals surface area contributed by atoms with Gasteiger partial charge in [0.15, 0.2) is 0 Å². The largest absolute Gasteiger partial charge is 0.493 e. The van der Waals surface area contributed by atoms with Crippen LogP contribution < -0.4 is 15.0 Å². The Hall–Kier alpha value is -3.61. The molecule has 2 aromatic carbocycles. The van der Waals surface area contributed by atoms with Crippen LogP contribution in [0.2, 0.25) is 0 Å². The van der Waals surface area contributed by atoms with E-state index in [0.717, 1.165) is 72.0 Å². The van der Waals surface area contributed by atoms with Crippen LogP contribution in [-0.2, 0) is 4.79 Å². The lowest BCUT2D eigenvalue weighted by molar-refractivity contribution is -0.119. The summed E-state index contributed by atoms with van der Waals surface area (Å²) >= 11 is 0. The van der Waals surface area contributed by atoms with Crippen LogP contribution in [0, 0.1) is 5.92 Å². The quantitative estimate of drug-likeness (QED) is 0.465. The number of pyridine rings is 1. The van der Waals surface area contributed by atoms with Gasteiger partial charge in [0.25, 0.3) is 0 Å². The van der Waals surface area contributed by atoms with E-state index in [2.05, 4.69) is 45.5 Å². The highest BCUT2D eigenvalue weighted by molar-refractivity contribution is 5.84. The minimum Gasteiger partial charge on any atom is -0.493 e. The topological polar surface area (TPSA) is 72.3 Å². The van der Waals surface area contributed by atoms with Gasteiger partial charge >= 0.3 is 0 Å². The first-order valence-electron chi connectivity index (χ1n) is 12.2. The van der Waals surface area contributed by atoms with Gasteiger partial charge in [0, 0.05) is 43.2 Å². The van der Waals surface area contributed by atoms with Crippen LogP contribution in [-0.4, -0.2) is 46.2 Å². The second kappa shape index (κ2) is 8.63. The Labute approximate surface area is 198 Å². The molecule has 0 spiro atoms. The highest BCUT2D eigenvalue weighted by Crippen LogP contribution is 2.31. The van der Waals surface area contributed by atoms with Crippen molar-refractivity contribution in [2.24, 2.45) is 5.92 Å². The van der Waals surface area contributed by atoms with Gasteiger partial charge in [-0.3, -0.25) is 9.36 Å². The monoisotopic (exact) mass is 455 g/mol. The van der Waals surface area contributed by atoms with E-state index < -0.39 is 0 Å². The smallest absolute Gasteiger partial charge is 0.217 e. The molecule has 34 heavy (non-hydrogen) atoms. The van der Waals surface area contributed by atoms with Crippen LogP contribution in [0.15, 0.2) is 54.9 Å². The predicted octanol–water partition coefficient (Wildman–Crippen LogP) is 4.47. The van der Waals surface area contributed by atoms with Crippen molar-refractivity contribution in [3.8, 4) is 11.6 Å². The fraction of sp³-hybridized carbons (Fsp3) is 0.370. The summed E-state index contributed by atoms with van der Waals surface area (Å²) in [6, 6.07) is 17.0. The Morgan fingerprint density at radius 3 is 2.68 bits per heavy atom. The van der Waals surface area contributed by atoms with E-state index in [9.17, 15) is 4.79 Å². The summed E-state index contributed by atoms with van der Waals surface area (Å²) in [5, 5.41) is 4.16. The van der Waals surface area contributed by atoms with Crippen molar-refractivity contribution >= 4 is 33.5 Å². The SMILES string of the molecule is CC(=O)NC1CCN(c2ccc3nc(-n4cnc5cc(OCC6CC6)ccc54)ccc3c2)CC1. The third-order valence-electron chi connectivity index (χ3n) is 6.87. The molecule has 2 aliphatic rings. The van der Waals surface area contributed by atoms with Crippen molar-refractivity contribution in [3.05, 3.63) is 54.9 Å². The molecule has 7 nitrogen and oxygen atoms in total. The number of benzene rings is 2. The number of amides is 1. The maximum absolute atomic E-state index is 11.3. The number of imidazole rings is 1. The molecule has 1 saturated carbocycles. The molecular formula is C27H29N5O2. The molecule has 6 rings (SSSR count). The first-order chi connectivity index (χ1) is 16.6. The number of piperidine rings is 1. The van der Waals surface area contributed by atoms with Gasteiger partial charge in [-0.05, 0) is 74.1 Å². The lowest BCUT2D eigenvalue weighted by Crippen LogP contribution is -2.44. The summed E-state index contributed by atoms with van der Waals surface area (Å²) in [5.74, 6) is 2.51. The molecule has 3 heterocycles. The first-order valence-corrected chi connectivity index (χ1v) is 12.2. The molecule has 7 heteroatoms. The number of carbonyl (C=O) groups is 1. The molecule has 1 amide bonds. The van der Waals surface area contributed by atoms with Gasteiger partial charge in [-0.15, -0.1) is 0 Å². The minimum absolute atomic E-state index is 0.0547. The second-order valence-corrected chi connectivity index (χ2v) is 9.53. The van der Waals surface area contributed by atoms with Crippen LogP contribution in [0.1, 0.15) is 32.6 Å². The number of carbonyl (C=O) groups excluding carboxylic acids is 1. The molecule has 0 atom stereocenters. The standard InChI is InChI=1S/C27H29N5O2/c1-18(33)29-21-10-12-31(13-11-21)22-5-7-24-20(14-22)4-9-27(30-24)32-17-28-25-15-23(6-8-26(25)32)34-16-19-2-3-19/h4-9,14-15,17,19,21H,2-3,10-13,16H2,1H3,(H,29,33). The molecule has 0 bridgehead atoms. The molecule has 2 fully saturated rings. The van der Waals surface area contributed by atoms with Crippen LogP contribution in [0.4, 0.5) is 5.69 Å². The summed E-state index contributed by atoms with van der Waals surface area (Å²) in [6.07, 6.45) is 6.33. The first kappa shape index (κ1) is 21.0. The average molecular weight is 456 g/mol. The van der Waals surface area contributed by atoms with Gasteiger partial charge in [-0.2, -0.15) is 0 Å². The molecular weight excluding hydrogens is 426 g/mol. The number of ether oxygens (including phenoxy) is 1. The fourth-order valence-corrected chi connectivity index (χ4v) is 4.77. The number of aromatic nitrogens is 3. The van der Waals surface area contributed by atoms with Crippen molar-refractivity contribution < 1.29 is 9.53 Å². The number of rotatable bonds is 6. The van der Waals surface area contributed by atoms with Crippen LogP contribution in [0.25, 0.3) is 27.8 Å². The van der Waals surface area contributed by atoms with Gasteiger partial charge in [-0.25, -0.2) is 9.97 Å². The van der Waals surface area contributed by atoms with E-state index in [1.54, 1.807) is 6.92 Å². The number of anilines is 1. The summed E-state index contributed by atoms with van der Waals surface area (Å²) in [6.45, 7) is 4.27. The third-order valence-corrected chi connectivity index (χ3v) is 6.87. The van der Waals surface area contributed by atoms with Gasteiger partial charge in [-0.1, -0.05) is 0 Å². The molecule has 0 unspecified atom stereocenters. The van der Waals surface area contributed by atoms with Gasteiger partial charge in [0.1, 0.15) is 17.9 Å². The van der Waals surface area contributed by atoms with E-state index in [0.29, 0.717) is 0 Å². The molecule has 1 N–H and O–H groups in total. The van der Waals surface area contributed by atoms with Gasteiger partial charge in [0.2, 0.25) is 5.91 Å². The summed E-state index contributed by atoms with van der Waals surface area (Å²) in [4.78, 5) is 23.2. The normalized spacial score (nSPS) is 16.8. The van der Waals surface area contributed by atoms with E-state index in [4.69, 9.17) is 9.72 Å².